The molecule has 3 aliphatic carbocycles. The van der Waals surface area contributed by atoms with Crippen molar-refractivity contribution in [3.8, 4) is 11.1 Å². The second-order valence-corrected chi connectivity index (χ2v) is 10.7. The summed E-state index contributed by atoms with van der Waals surface area (Å²) < 4.78 is 5.63. The highest BCUT2D eigenvalue weighted by molar-refractivity contribution is 5.86. The van der Waals surface area contributed by atoms with Crippen molar-refractivity contribution in [1.82, 2.24) is 10.2 Å². The number of amides is 2. The van der Waals surface area contributed by atoms with Crippen LogP contribution in [-0.4, -0.2) is 54.2 Å². The van der Waals surface area contributed by atoms with Crippen LogP contribution in [-0.2, 0) is 14.3 Å². The Hall–Kier alpha value is -3.35. The van der Waals surface area contributed by atoms with Crippen LogP contribution < -0.4 is 5.32 Å². The van der Waals surface area contributed by atoms with Gasteiger partial charge in [0.1, 0.15) is 6.61 Å². The number of alkyl carbamates (subject to hydrolysis) is 1. The number of carboxylic acids is 1. The van der Waals surface area contributed by atoms with E-state index < -0.39 is 17.5 Å². The highest BCUT2D eigenvalue weighted by Crippen LogP contribution is 2.60. The second kappa shape index (κ2) is 8.11. The summed E-state index contributed by atoms with van der Waals surface area (Å²) in [7, 11) is 0. The molecule has 35 heavy (non-hydrogen) atoms. The zero-order valence-electron chi connectivity index (χ0n) is 19.7. The van der Waals surface area contributed by atoms with E-state index in [9.17, 15) is 19.5 Å². The maximum atomic E-state index is 13.2. The minimum absolute atomic E-state index is 0.00221. The second-order valence-electron chi connectivity index (χ2n) is 10.7. The van der Waals surface area contributed by atoms with Crippen LogP contribution in [0.2, 0.25) is 0 Å². The molecule has 1 atom stereocenters. The number of piperidine rings is 1. The van der Waals surface area contributed by atoms with Crippen molar-refractivity contribution >= 4 is 18.0 Å². The SMILES string of the molecule is O=C(NCC1(C(=O)N2CCC3(CC2)CC3C(=O)O)CC1)OCC1c2ccccc2-c2ccccc21. The van der Waals surface area contributed by atoms with Gasteiger partial charge in [-0.05, 0) is 59.8 Å². The summed E-state index contributed by atoms with van der Waals surface area (Å²) in [6.45, 7) is 1.74. The maximum Gasteiger partial charge on any atom is 0.407 e. The third kappa shape index (κ3) is 3.77. The first kappa shape index (κ1) is 22.1. The molecule has 3 fully saturated rings. The third-order valence-electron chi connectivity index (χ3n) is 8.76. The summed E-state index contributed by atoms with van der Waals surface area (Å²) in [5.41, 5.74) is 4.07. The van der Waals surface area contributed by atoms with Gasteiger partial charge in [0.05, 0.1) is 11.3 Å². The Kier molecular flexibility index (Phi) is 5.13. The fourth-order valence-electron chi connectivity index (χ4n) is 6.25. The topological polar surface area (TPSA) is 95.9 Å². The van der Waals surface area contributed by atoms with E-state index >= 15 is 0 Å². The maximum absolute atomic E-state index is 13.2. The monoisotopic (exact) mass is 474 g/mol. The Labute approximate surface area is 204 Å². The smallest absolute Gasteiger partial charge is 0.407 e. The fraction of sp³-hybridized carbons (Fsp3) is 0.464. The molecular formula is C28H30N2O5. The Morgan fingerprint density at radius 1 is 0.943 bits per heavy atom. The largest absolute Gasteiger partial charge is 0.481 e. The minimum Gasteiger partial charge on any atom is -0.481 e. The third-order valence-corrected chi connectivity index (χ3v) is 8.76. The molecule has 2 saturated carbocycles. The number of carbonyl (C=O) groups is 3. The number of ether oxygens (including phenoxy) is 1. The van der Waals surface area contributed by atoms with Gasteiger partial charge in [-0.1, -0.05) is 48.5 Å². The zero-order valence-corrected chi connectivity index (χ0v) is 19.7. The predicted molar refractivity (Wildman–Crippen MR) is 129 cm³/mol. The molecular weight excluding hydrogens is 444 g/mol. The zero-order chi connectivity index (χ0) is 24.2. The number of hydrogen-bond acceptors (Lipinski definition) is 4. The number of fused-ring (bicyclic) bond motifs is 3. The molecule has 7 heteroatoms. The molecule has 2 amide bonds. The van der Waals surface area contributed by atoms with Gasteiger partial charge in [-0.2, -0.15) is 0 Å². The Morgan fingerprint density at radius 3 is 2.09 bits per heavy atom. The summed E-state index contributed by atoms with van der Waals surface area (Å²) in [4.78, 5) is 38.9. The van der Waals surface area contributed by atoms with Gasteiger partial charge in [0.15, 0.2) is 0 Å². The van der Waals surface area contributed by atoms with E-state index in [1.54, 1.807) is 0 Å². The molecule has 6 rings (SSSR count). The van der Waals surface area contributed by atoms with Crippen LogP contribution in [0.15, 0.2) is 48.5 Å². The van der Waals surface area contributed by atoms with E-state index in [4.69, 9.17) is 4.74 Å². The van der Waals surface area contributed by atoms with Gasteiger partial charge in [0.2, 0.25) is 5.91 Å². The van der Waals surface area contributed by atoms with E-state index in [-0.39, 0.29) is 36.3 Å². The summed E-state index contributed by atoms with van der Waals surface area (Å²) in [6, 6.07) is 16.4. The lowest BCUT2D eigenvalue weighted by molar-refractivity contribution is -0.140. The number of aliphatic carboxylic acids is 1. The van der Waals surface area contributed by atoms with Crippen LogP contribution in [0.5, 0.6) is 0 Å². The van der Waals surface area contributed by atoms with Crippen LogP contribution in [0.4, 0.5) is 4.79 Å². The number of carboxylic acid groups (broad SMARTS) is 1. The molecule has 1 spiro atoms. The molecule has 0 radical (unpaired) electrons. The molecule has 182 valence electrons. The van der Waals surface area contributed by atoms with E-state index in [1.807, 2.05) is 29.2 Å². The molecule has 0 bridgehead atoms. The summed E-state index contributed by atoms with van der Waals surface area (Å²) in [5, 5.41) is 12.1. The lowest BCUT2D eigenvalue weighted by atomic mass is 9.90. The average molecular weight is 475 g/mol. The summed E-state index contributed by atoms with van der Waals surface area (Å²) >= 11 is 0. The number of carbonyl (C=O) groups excluding carboxylic acids is 2. The molecule has 1 aliphatic heterocycles. The molecule has 7 nitrogen and oxygen atoms in total. The van der Waals surface area contributed by atoms with E-state index in [0.29, 0.717) is 13.1 Å². The van der Waals surface area contributed by atoms with Gasteiger partial charge < -0.3 is 20.1 Å². The van der Waals surface area contributed by atoms with Crippen LogP contribution in [0.3, 0.4) is 0 Å². The Bertz CT molecular complexity index is 1150. The van der Waals surface area contributed by atoms with Crippen molar-refractivity contribution in [1.29, 1.82) is 0 Å². The highest BCUT2D eigenvalue weighted by atomic mass is 16.5. The van der Waals surface area contributed by atoms with E-state index in [1.165, 1.54) is 22.3 Å². The van der Waals surface area contributed by atoms with Gasteiger partial charge in [-0.15, -0.1) is 0 Å². The summed E-state index contributed by atoms with van der Waals surface area (Å²) in [6.07, 6.45) is 3.27. The lowest BCUT2D eigenvalue weighted by Crippen LogP contribution is -2.47. The molecule has 0 aromatic heterocycles. The molecule has 1 unspecified atom stereocenters. The van der Waals surface area contributed by atoms with Gasteiger partial charge in [0.25, 0.3) is 0 Å². The number of benzene rings is 2. The highest BCUT2D eigenvalue weighted by Gasteiger charge is 2.60. The normalized spacial score (nSPS) is 22.7. The van der Waals surface area contributed by atoms with Crippen LogP contribution in [0.1, 0.15) is 49.1 Å². The standard InChI is InChI=1S/C28H30N2O5/c31-24(32)23-15-27(23)11-13-30(14-12-27)25(33)28(9-10-28)17-29-26(34)35-16-22-20-7-3-1-5-18(20)19-6-2-4-8-21(19)22/h1-8,22-23H,9-17H2,(H,29,34)(H,31,32). The first-order chi connectivity index (χ1) is 16.9. The van der Waals surface area contributed by atoms with Crippen molar-refractivity contribution in [2.75, 3.05) is 26.2 Å². The van der Waals surface area contributed by atoms with Crippen molar-refractivity contribution in [2.24, 2.45) is 16.7 Å². The fourth-order valence-corrected chi connectivity index (χ4v) is 6.25. The Balaban J connectivity index is 1.02. The van der Waals surface area contributed by atoms with Crippen molar-refractivity contribution in [3.63, 3.8) is 0 Å². The van der Waals surface area contributed by atoms with Gasteiger partial charge in [-0.25, -0.2) is 4.79 Å². The molecule has 4 aliphatic rings. The molecule has 2 N–H and O–H groups in total. The number of rotatable bonds is 6. The number of hydrogen-bond donors (Lipinski definition) is 2. The van der Waals surface area contributed by atoms with Gasteiger partial charge in [-0.3, -0.25) is 9.59 Å². The van der Waals surface area contributed by atoms with Crippen LogP contribution in [0.25, 0.3) is 11.1 Å². The van der Waals surface area contributed by atoms with E-state index in [2.05, 4.69) is 29.6 Å². The van der Waals surface area contributed by atoms with E-state index in [0.717, 1.165) is 32.1 Å². The molecule has 2 aromatic carbocycles. The van der Waals surface area contributed by atoms with Crippen molar-refractivity contribution < 1.29 is 24.2 Å². The quantitative estimate of drug-likeness (QED) is 0.659. The van der Waals surface area contributed by atoms with Crippen molar-refractivity contribution in [3.05, 3.63) is 59.7 Å². The number of nitrogens with one attached hydrogen (secondary N) is 1. The van der Waals surface area contributed by atoms with Crippen molar-refractivity contribution in [2.45, 2.75) is 38.0 Å². The molecule has 1 saturated heterocycles. The first-order valence-corrected chi connectivity index (χ1v) is 12.5. The van der Waals surface area contributed by atoms with Gasteiger partial charge >= 0.3 is 12.1 Å². The molecule has 1 heterocycles. The Morgan fingerprint density at radius 2 is 1.54 bits per heavy atom. The average Bonchev–Trinajstić information content (AvgIpc) is 3.79. The van der Waals surface area contributed by atoms with Gasteiger partial charge in [0, 0.05) is 25.6 Å². The lowest BCUT2D eigenvalue weighted by Gasteiger charge is -2.35. The molecule has 2 aromatic rings. The van der Waals surface area contributed by atoms with Crippen LogP contribution >= 0.6 is 0 Å². The predicted octanol–water partition coefficient (Wildman–Crippen LogP) is 4.02. The first-order valence-electron chi connectivity index (χ1n) is 12.5. The summed E-state index contributed by atoms with van der Waals surface area (Å²) in [5.74, 6) is -0.873. The minimum atomic E-state index is -0.712. The number of nitrogens with zero attached hydrogens (tertiary/aromatic N) is 1. The van der Waals surface area contributed by atoms with Crippen LogP contribution in [0, 0.1) is 16.7 Å². The number of likely N-dealkylation sites (tertiary alicyclic amines) is 1.